The quantitative estimate of drug-likeness (QED) is 0.768. The van der Waals surface area contributed by atoms with E-state index in [0.717, 1.165) is 37.2 Å². The first-order chi connectivity index (χ1) is 10.7. The molecule has 0 radical (unpaired) electrons. The van der Waals surface area contributed by atoms with E-state index in [-0.39, 0.29) is 18.5 Å². The van der Waals surface area contributed by atoms with Gasteiger partial charge in [-0.05, 0) is 53.6 Å². The van der Waals surface area contributed by atoms with Gasteiger partial charge in [0.1, 0.15) is 0 Å². The second-order valence-corrected chi connectivity index (χ2v) is 7.31. The van der Waals surface area contributed by atoms with Crippen LogP contribution in [0, 0.1) is 0 Å². The summed E-state index contributed by atoms with van der Waals surface area (Å²) in [5.41, 5.74) is 6.83. The lowest BCUT2D eigenvalue weighted by atomic mass is 9.88. The molecule has 0 amide bonds. The minimum atomic E-state index is -0.375. The van der Waals surface area contributed by atoms with Gasteiger partial charge in [0.05, 0.1) is 6.10 Å². The number of piperidine rings is 1. The topological polar surface area (TPSA) is 23.5 Å². The van der Waals surface area contributed by atoms with Crippen LogP contribution in [0.3, 0.4) is 0 Å². The first-order valence-electron chi connectivity index (χ1n) is 7.98. The number of likely N-dealkylation sites (tertiary alicyclic amines) is 1. The van der Waals surface area contributed by atoms with Crippen LogP contribution in [0.4, 0.5) is 0 Å². The van der Waals surface area contributed by atoms with E-state index in [4.69, 9.17) is 0 Å². The van der Waals surface area contributed by atoms with Crippen molar-refractivity contribution in [3.8, 4) is 0 Å². The minimum Gasteiger partial charge on any atom is -0.387 e. The predicted octanol–water partition coefficient (Wildman–Crippen LogP) is 4.29. The third-order valence-corrected chi connectivity index (χ3v) is 5.93. The second kappa shape index (κ2) is 6.78. The molecule has 0 spiro atoms. The number of hydrogen-bond acceptors (Lipinski definition) is 3. The molecule has 1 aliphatic heterocycles. The Morgan fingerprint density at radius 1 is 1.09 bits per heavy atom. The predicted molar refractivity (Wildman–Crippen MR) is 99.4 cm³/mol. The third kappa shape index (κ3) is 2.99. The summed E-state index contributed by atoms with van der Waals surface area (Å²) in [6.07, 6.45) is 2.61. The average Bonchev–Trinajstić information content (AvgIpc) is 2.96. The molecule has 2 aliphatic rings. The zero-order chi connectivity index (χ0) is 15.1. The summed E-state index contributed by atoms with van der Waals surface area (Å²) in [6.45, 7) is 2.26. The van der Waals surface area contributed by atoms with Gasteiger partial charge in [0.2, 0.25) is 0 Å². The summed E-state index contributed by atoms with van der Waals surface area (Å²) in [4.78, 5) is 3.54. The summed E-state index contributed by atoms with van der Waals surface area (Å²) >= 11 is 1.69. The van der Waals surface area contributed by atoms with Gasteiger partial charge in [-0.2, -0.15) is 0 Å². The smallest absolute Gasteiger partial charge is 0.0928 e. The molecule has 23 heavy (non-hydrogen) atoms. The summed E-state index contributed by atoms with van der Waals surface area (Å²) in [5, 5.41) is 12.7. The Morgan fingerprint density at radius 2 is 1.83 bits per heavy atom. The third-order valence-electron chi connectivity index (χ3n) is 4.91. The van der Waals surface area contributed by atoms with Gasteiger partial charge in [0.25, 0.3) is 0 Å². The van der Waals surface area contributed by atoms with Gasteiger partial charge in [-0.3, -0.25) is 0 Å². The Kier molecular flexibility index (Phi) is 4.93. The van der Waals surface area contributed by atoms with Crippen LogP contribution in [0.25, 0.3) is 5.57 Å². The fraction of sp³-hybridized carbons (Fsp3) is 0.368. The summed E-state index contributed by atoms with van der Waals surface area (Å²) in [6, 6.07) is 10.8. The van der Waals surface area contributed by atoms with Crippen LogP contribution in [0.5, 0.6) is 0 Å². The Morgan fingerprint density at radius 3 is 2.61 bits per heavy atom. The van der Waals surface area contributed by atoms with Crippen molar-refractivity contribution in [3.63, 3.8) is 0 Å². The van der Waals surface area contributed by atoms with Crippen molar-refractivity contribution in [3.05, 3.63) is 62.9 Å². The molecule has 1 fully saturated rings. The van der Waals surface area contributed by atoms with Gasteiger partial charge in [0, 0.05) is 24.4 Å². The molecular weight excluding hydrogens is 326 g/mol. The van der Waals surface area contributed by atoms with Crippen molar-refractivity contribution in [2.75, 3.05) is 20.1 Å². The molecule has 1 aromatic heterocycles. The number of aliphatic hydroxyl groups excluding tert-OH is 1. The number of fused-ring (bicyclic) bond motifs is 2. The van der Waals surface area contributed by atoms with Crippen molar-refractivity contribution in [2.24, 2.45) is 0 Å². The molecule has 122 valence electrons. The van der Waals surface area contributed by atoms with Gasteiger partial charge in [-0.15, -0.1) is 23.7 Å². The molecule has 4 heteroatoms. The number of benzene rings is 1. The maximum Gasteiger partial charge on any atom is 0.0928 e. The van der Waals surface area contributed by atoms with Gasteiger partial charge in [0.15, 0.2) is 0 Å². The molecule has 4 rings (SSSR count). The number of nitrogens with zero attached hydrogens (tertiary/aromatic N) is 1. The zero-order valence-electron chi connectivity index (χ0n) is 13.3. The van der Waals surface area contributed by atoms with E-state index in [9.17, 15) is 5.11 Å². The summed E-state index contributed by atoms with van der Waals surface area (Å²) in [7, 11) is 2.20. The average molecular weight is 348 g/mol. The highest BCUT2D eigenvalue weighted by Gasteiger charge is 2.27. The van der Waals surface area contributed by atoms with Crippen LogP contribution in [0.15, 0.2) is 41.3 Å². The molecule has 2 nitrogen and oxygen atoms in total. The minimum absolute atomic E-state index is 0. The molecule has 1 atom stereocenters. The summed E-state index contributed by atoms with van der Waals surface area (Å²) < 4.78 is 0. The van der Waals surface area contributed by atoms with Crippen LogP contribution < -0.4 is 0 Å². The monoisotopic (exact) mass is 347 g/mol. The number of hydrogen-bond donors (Lipinski definition) is 1. The van der Waals surface area contributed by atoms with Crippen molar-refractivity contribution in [1.29, 1.82) is 0 Å². The van der Waals surface area contributed by atoms with Gasteiger partial charge in [-0.1, -0.05) is 29.8 Å². The Hall–Kier alpha value is -1.13. The highest BCUT2D eigenvalue weighted by atomic mass is 35.5. The van der Waals surface area contributed by atoms with Gasteiger partial charge < -0.3 is 10.0 Å². The highest BCUT2D eigenvalue weighted by Crippen LogP contribution is 2.43. The van der Waals surface area contributed by atoms with Gasteiger partial charge in [-0.25, -0.2) is 0 Å². The van der Waals surface area contributed by atoms with E-state index in [0.29, 0.717) is 0 Å². The van der Waals surface area contributed by atoms with E-state index < -0.39 is 0 Å². The van der Waals surface area contributed by atoms with E-state index in [1.165, 1.54) is 22.3 Å². The number of halogens is 1. The van der Waals surface area contributed by atoms with Crippen LogP contribution in [0.1, 0.15) is 40.5 Å². The van der Waals surface area contributed by atoms with Crippen molar-refractivity contribution in [2.45, 2.75) is 25.4 Å². The van der Waals surface area contributed by atoms with E-state index in [1.807, 2.05) is 0 Å². The maximum absolute atomic E-state index is 10.6. The zero-order valence-corrected chi connectivity index (χ0v) is 14.9. The Bertz CT molecular complexity index is 726. The fourth-order valence-corrected chi connectivity index (χ4v) is 4.58. The SMILES string of the molecule is CN1CCC(=C2c3ccccc3CC(O)c3sccc32)CC1.Cl. The van der Waals surface area contributed by atoms with Crippen molar-refractivity contribution in [1.82, 2.24) is 4.90 Å². The van der Waals surface area contributed by atoms with Crippen LogP contribution in [0.2, 0.25) is 0 Å². The normalized spacial score (nSPS) is 21.2. The maximum atomic E-state index is 10.6. The molecule has 1 saturated heterocycles. The lowest BCUT2D eigenvalue weighted by molar-refractivity contribution is 0.182. The molecule has 1 aromatic carbocycles. The number of rotatable bonds is 0. The van der Waals surface area contributed by atoms with Crippen LogP contribution in [-0.2, 0) is 6.42 Å². The fourth-order valence-electron chi connectivity index (χ4n) is 3.69. The molecule has 0 bridgehead atoms. The highest BCUT2D eigenvalue weighted by molar-refractivity contribution is 7.10. The van der Waals surface area contributed by atoms with Crippen LogP contribution in [-0.4, -0.2) is 30.1 Å². The lowest BCUT2D eigenvalue weighted by Crippen LogP contribution is -2.27. The van der Waals surface area contributed by atoms with Crippen molar-refractivity contribution < 1.29 is 5.11 Å². The van der Waals surface area contributed by atoms with Crippen LogP contribution >= 0.6 is 23.7 Å². The molecular formula is C19H22ClNOS. The summed E-state index contributed by atoms with van der Waals surface area (Å²) in [5.74, 6) is 0. The number of thiophene rings is 1. The van der Waals surface area contributed by atoms with E-state index >= 15 is 0 Å². The Balaban J connectivity index is 0.00000156. The molecule has 1 aliphatic carbocycles. The van der Waals surface area contributed by atoms with Crippen molar-refractivity contribution >= 4 is 29.3 Å². The van der Waals surface area contributed by atoms with E-state index in [1.54, 1.807) is 16.9 Å². The molecule has 0 saturated carbocycles. The Labute approximate surface area is 147 Å². The standard InChI is InChI=1S/C19H21NOS.ClH/c1-20-9-6-13(7-10-20)18-15-5-3-2-4-14(15)12-17(21)19-16(18)8-11-22-19;/h2-5,8,11,17,21H,6-7,9-10,12H2,1H3;1H. The molecule has 2 aromatic rings. The molecule has 1 unspecified atom stereocenters. The number of aliphatic hydroxyl groups is 1. The second-order valence-electron chi connectivity index (χ2n) is 6.36. The molecule has 2 heterocycles. The van der Waals surface area contributed by atoms with Gasteiger partial charge >= 0.3 is 0 Å². The largest absolute Gasteiger partial charge is 0.387 e. The lowest BCUT2D eigenvalue weighted by Gasteiger charge is -2.27. The molecule has 1 N–H and O–H groups in total. The first kappa shape index (κ1) is 16.7. The first-order valence-corrected chi connectivity index (χ1v) is 8.86. The van der Waals surface area contributed by atoms with E-state index in [2.05, 4.69) is 47.7 Å².